The first-order chi connectivity index (χ1) is 7.69. The molecule has 16 heavy (non-hydrogen) atoms. The second-order valence-electron chi connectivity index (χ2n) is 3.87. The molecule has 1 heterocycles. The average Bonchev–Trinajstić information content (AvgIpc) is 2.61. The van der Waals surface area contributed by atoms with Crippen molar-refractivity contribution in [1.82, 2.24) is 19.9 Å². The molecule has 1 aromatic rings. The smallest absolute Gasteiger partial charge is 0.0841 e. The van der Waals surface area contributed by atoms with E-state index in [2.05, 4.69) is 29.2 Å². The Morgan fingerprint density at radius 2 is 2.12 bits per heavy atom. The van der Waals surface area contributed by atoms with E-state index in [4.69, 9.17) is 4.74 Å². The van der Waals surface area contributed by atoms with Crippen molar-refractivity contribution in [2.75, 3.05) is 26.8 Å². The molecule has 0 amide bonds. The Morgan fingerprint density at radius 3 is 2.75 bits per heavy atom. The van der Waals surface area contributed by atoms with Crippen LogP contribution >= 0.6 is 0 Å². The van der Waals surface area contributed by atoms with Gasteiger partial charge in [-0.1, -0.05) is 5.21 Å². The van der Waals surface area contributed by atoms with Gasteiger partial charge in [0.15, 0.2) is 0 Å². The Bertz CT molecular complexity index is 311. The number of likely N-dealkylation sites (N-methyl/N-ethyl adjacent to an activating group) is 1. The average molecular weight is 226 g/mol. The Morgan fingerprint density at radius 1 is 1.38 bits per heavy atom. The minimum absolute atomic E-state index is 0.778. The van der Waals surface area contributed by atoms with E-state index in [9.17, 15) is 0 Å². The molecule has 5 nitrogen and oxygen atoms in total. The van der Waals surface area contributed by atoms with E-state index in [1.165, 1.54) is 5.69 Å². The fourth-order valence-corrected chi connectivity index (χ4v) is 1.57. The van der Waals surface area contributed by atoms with E-state index in [1.807, 2.05) is 18.5 Å². The molecule has 0 aliphatic rings. The molecule has 1 rings (SSSR count). The van der Waals surface area contributed by atoms with Crippen molar-refractivity contribution in [2.45, 2.75) is 33.9 Å². The van der Waals surface area contributed by atoms with Gasteiger partial charge in [0, 0.05) is 26.2 Å². The van der Waals surface area contributed by atoms with Gasteiger partial charge < -0.3 is 4.74 Å². The van der Waals surface area contributed by atoms with Crippen LogP contribution in [-0.4, -0.2) is 46.7 Å². The quantitative estimate of drug-likeness (QED) is 0.652. The van der Waals surface area contributed by atoms with Crippen molar-refractivity contribution in [3.8, 4) is 0 Å². The van der Waals surface area contributed by atoms with E-state index in [-0.39, 0.29) is 0 Å². The molecule has 0 aromatic carbocycles. The Hall–Kier alpha value is -0.940. The van der Waals surface area contributed by atoms with Gasteiger partial charge in [0.05, 0.1) is 18.0 Å². The number of nitrogens with zero attached hydrogens (tertiary/aromatic N) is 4. The van der Waals surface area contributed by atoms with Crippen molar-refractivity contribution >= 4 is 0 Å². The molecule has 0 unspecified atom stereocenters. The first-order valence-corrected chi connectivity index (χ1v) is 5.84. The summed E-state index contributed by atoms with van der Waals surface area (Å²) in [4.78, 5) is 2.23. The van der Waals surface area contributed by atoms with Crippen molar-refractivity contribution < 1.29 is 4.74 Å². The Kier molecular flexibility index (Phi) is 5.42. The van der Waals surface area contributed by atoms with Gasteiger partial charge in [-0.05, 0) is 27.8 Å². The maximum atomic E-state index is 5.33. The van der Waals surface area contributed by atoms with Crippen LogP contribution in [0.2, 0.25) is 0 Å². The van der Waals surface area contributed by atoms with Crippen LogP contribution in [0.3, 0.4) is 0 Å². The standard InChI is InChI=1S/C11H22N4O/c1-5-15-11(10(3)12-13-15)9-14(4)7-8-16-6-2/h5-9H2,1-4H3. The van der Waals surface area contributed by atoms with Crippen LogP contribution in [0.25, 0.3) is 0 Å². The van der Waals surface area contributed by atoms with Crippen LogP contribution in [0.4, 0.5) is 0 Å². The largest absolute Gasteiger partial charge is 0.380 e. The number of hydrogen-bond acceptors (Lipinski definition) is 4. The number of hydrogen-bond donors (Lipinski definition) is 0. The summed E-state index contributed by atoms with van der Waals surface area (Å²) in [6, 6.07) is 0. The highest BCUT2D eigenvalue weighted by Crippen LogP contribution is 2.06. The predicted octanol–water partition coefficient (Wildman–Crippen LogP) is 1.07. The molecule has 92 valence electrons. The molecule has 0 aliphatic heterocycles. The van der Waals surface area contributed by atoms with Crippen LogP contribution in [0.15, 0.2) is 0 Å². The number of aryl methyl sites for hydroxylation is 2. The fraction of sp³-hybridized carbons (Fsp3) is 0.818. The molecule has 0 atom stereocenters. The maximum absolute atomic E-state index is 5.33. The molecular weight excluding hydrogens is 204 g/mol. The topological polar surface area (TPSA) is 43.2 Å². The van der Waals surface area contributed by atoms with Crippen LogP contribution < -0.4 is 0 Å². The SMILES string of the molecule is CCOCCN(C)Cc1c(C)nnn1CC. The van der Waals surface area contributed by atoms with Crippen molar-refractivity contribution in [1.29, 1.82) is 0 Å². The summed E-state index contributed by atoms with van der Waals surface area (Å²) in [6.07, 6.45) is 0. The van der Waals surface area contributed by atoms with Crippen molar-refractivity contribution in [3.63, 3.8) is 0 Å². The molecule has 5 heteroatoms. The summed E-state index contributed by atoms with van der Waals surface area (Å²) >= 11 is 0. The Balaban J connectivity index is 2.48. The monoisotopic (exact) mass is 226 g/mol. The van der Waals surface area contributed by atoms with Gasteiger partial charge in [-0.15, -0.1) is 5.10 Å². The second kappa shape index (κ2) is 6.60. The minimum atomic E-state index is 0.778. The third-order valence-corrected chi connectivity index (χ3v) is 2.57. The molecular formula is C11H22N4O. The van der Waals surface area contributed by atoms with E-state index in [0.717, 1.165) is 38.5 Å². The molecule has 0 N–H and O–H groups in total. The zero-order valence-corrected chi connectivity index (χ0v) is 10.7. The second-order valence-corrected chi connectivity index (χ2v) is 3.87. The van der Waals surface area contributed by atoms with Gasteiger partial charge in [0.1, 0.15) is 0 Å². The lowest BCUT2D eigenvalue weighted by molar-refractivity contribution is 0.119. The lowest BCUT2D eigenvalue weighted by Gasteiger charge is -2.17. The molecule has 0 radical (unpaired) electrons. The summed E-state index contributed by atoms with van der Waals surface area (Å²) in [5, 5.41) is 8.18. The molecule has 0 spiro atoms. The molecule has 0 bridgehead atoms. The van der Waals surface area contributed by atoms with Crippen molar-refractivity contribution in [2.24, 2.45) is 0 Å². The van der Waals surface area contributed by atoms with Crippen LogP contribution in [0, 0.1) is 6.92 Å². The zero-order chi connectivity index (χ0) is 12.0. The molecule has 0 fully saturated rings. The Labute approximate surface area is 97.4 Å². The van der Waals surface area contributed by atoms with E-state index in [0.29, 0.717) is 0 Å². The minimum Gasteiger partial charge on any atom is -0.380 e. The third kappa shape index (κ3) is 3.57. The summed E-state index contributed by atoms with van der Waals surface area (Å²) in [6.45, 7) is 10.3. The zero-order valence-electron chi connectivity index (χ0n) is 10.7. The third-order valence-electron chi connectivity index (χ3n) is 2.57. The predicted molar refractivity (Wildman–Crippen MR) is 63.3 cm³/mol. The highest BCUT2D eigenvalue weighted by atomic mass is 16.5. The lowest BCUT2D eigenvalue weighted by atomic mass is 10.3. The summed E-state index contributed by atoms with van der Waals surface area (Å²) in [7, 11) is 2.09. The van der Waals surface area contributed by atoms with E-state index in [1.54, 1.807) is 0 Å². The van der Waals surface area contributed by atoms with E-state index < -0.39 is 0 Å². The first-order valence-electron chi connectivity index (χ1n) is 5.84. The van der Waals surface area contributed by atoms with Gasteiger partial charge >= 0.3 is 0 Å². The highest BCUT2D eigenvalue weighted by molar-refractivity contribution is 5.07. The van der Waals surface area contributed by atoms with Crippen LogP contribution in [0.5, 0.6) is 0 Å². The van der Waals surface area contributed by atoms with Gasteiger partial charge in [-0.2, -0.15) is 0 Å². The highest BCUT2D eigenvalue weighted by Gasteiger charge is 2.10. The first kappa shape index (κ1) is 13.1. The van der Waals surface area contributed by atoms with Crippen LogP contribution in [0.1, 0.15) is 25.2 Å². The maximum Gasteiger partial charge on any atom is 0.0841 e. The molecule has 0 saturated heterocycles. The summed E-state index contributed by atoms with van der Waals surface area (Å²) < 4.78 is 7.28. The number of aromatic nitrogens is 3. The normalized spacial score (nSPS) is 11.3. The van der Waals surface area contributed by atoms with Crippen LogP contribution in [-0.2, 0) is 17.8 Å². The van der Waals surface area contributed by atoms with Crippen molar-refractivity contribution in [3.05, 3.63) is 11.4 Å². The fourth-order valence-electron chi connectivity index (χ4n) is 1.57. The molecule has 0 aliphatic carbocycles. The van der Waals surface area contributed by atoms with Gasteiger partial charge in [0.2, 0.25) is 0 Å². The number of rotatable bonds is 7. The molecule has 1 aromatic heterocycles. The van der Waals surface area contributed by atoms with E-state index >= 15 is 0 Å². The van der Waals surface area contributed by atoms with Gasteiger partial charge in [0.25, 0.3) is 0 Å². The summed E-state index contributed by atoms with van der Waals surface area (Å²) in [5.41, 5.74) is 2.21. The lowest BCUT2D eigenvalue weighted by Crippen LogP contribution is -2.24. The van der Waals surface area contributed by atoms with Gasteiger partial charge in [-0.3, -0.25) is 4.90 Å². The molecule has 0 saturated carbocycles. The van der Waals surface area contributed by atoms with Gasteiger partial charge in [-0.25, -0.2) is 4.68 Å². The number of ether oxygens (including phenoxy) is 1. The summed E-state index contributed by atoms with van der Waals surface area (Å²) in [5.74, 6) is 0.